The lowest BCUT2D eigenvalue weighted by Gasteiger charge is -2.23. The first kappa shape index (κ1) is 16.8. The molecule has 2 unspecified atom stereocenters. The minimum Gasteiger partial charge on any atom is -0.481 e. The molecule has 116 valence electrons. The summed E-state index contributed by atoms with van der Waals surface area (Å²) in [6.07, 6.45) is 3.34. The summed E-state index contributed by atoms with van der Waals surface area (Å²) < 4.78 is 0. The third kappa shape index (κ3) is 5.36. The van der Waals surface area contributed by atoms with Gasteiger partial charge in [0.15, 0.2) is 0 Å². The highest BCUT2D eigenvalue weighted by Crippen LogP contribution is 2.21. The van der Waals surface area contributed by atoms with Crippen LogP contribution in [0.1, 0.15) is 46.0 Å². The van der Waals surface area contributed by atoms with Crippen molar-refractivity contribution in [2.45, 2.75) is 51.6 Å². The molecule has 6 nitrogen and oxygen atoms in total. The number of likely N-dealkylation sites (tertiary alicyclic amines) is 1. The molecule has 0 aromatic rings. The molecule has 0 saturated carbocycles. The summed E-state index contributed by atoms with van der Waals surface area (Å²) in [5.41, 5.74) is -0.707. The Hall–Kier alpha value is -1.30. The van der Waals surface area contributed by atoms with Crippen molar-refractivity contribution in [3.63, 3.8) is 0 Å². The second kappa shape index (κ2) is 7.47. The molecule has 0 aliphatic carbocycles. The monoisotopic (exact) mass is 286 g/mol. The fourth-order valence-corrected chi connectivity index (χ4v) is 2.45. The number of hydrogen-bond acceptors (Lipinski definition) is 3. The largest absolute Gasteiger partial charge is 0.481 e. The third-order valence-electron chi connectivity index (χ3n) is 3.84. The van der Waals surface area contributed by atoms with Gasteiger partial charge in [0, 0.05) is 19.6 Å². The Morgan fingerprint density at radius 1 is 1.35 bits per heavy atom. The van der Waals surface area contributed by atoms with Crippen LogP contribution in [0, 0.1) is 5.92 Å². The zero-order valence-electron chi connectivity index (χ0n) is 12.4. The van der Waals surface area contributed by atoms with Crippen LogP contribution in [0.25, 0.3) is 0 Å². The number of nitrogens with zero attached hydrogens (tertiary/aromatic N) is 1. The number of hydrogen-bond donors (Lipinski definition) is 3. The topological polar surface area (TPSA) is 89.9 Å². The van der Waals surface area contributed by atoms with E-state index in [-0.39, 0.29) is 12.6 Å². The van der Waals surface area contributed by atoms with Crippen LogP contribution in [0.15, 0.2) is 0 Å². The Morgan fingerprint density at radius 2 is 2.05 bits per heavy atom. The van der Waals surface area contributed by atoms with Gasteiger partial charge in [-0.15, -0.1) is 0 Å². The number of rotatable bonds is 5. The van der Waals surface area contributed by atoms with Gasteiger partial charge in [-0.2, -0.15) is 0 Å². The lowest BCUT2D eigenvalue weighted by atomic mass is 9.98. The highest BCUT2D eigenvalue weighted by molar-refractivity contribution is 5.76. The van der Waals surface area contributed by atoms with Crippen molar-refractivity contribution >= 4 is 12.0 Å². The average Bonchev–Trinajstić information content (AvgIpc) is 2.54. The number of urea groups is 1. The van der Waals surface area contributed by atoms with Gasteiger partial charge < -0.3 is 20.4 Å². The molecule has 1 saturated heterocycles. The predicted molar refractivity (Wildman–Crippen MR) is 75.5 cm³/mol. The van der Waals surface area contributed by atoms with Gasteiger partial charge in [-0.1, -0.05) is 13.3 Å². The summed E-state index contributed by atoms with van der Waals surface area (Å²) in [6.45, 7) is 4.98. The van der Waals surface area contributed by atoms with E-state index in [1.54, 1.807) is 11.8 Å². The normalized spacial score (nSPS) is 24.9. The van der Waals surface area contributed by atoms with E-state index in [0.29, 0.717) is 32.4 Å². The fourth-order valence-electron chi connectivity index (χ4n) is 2.45. The van der Waals surface area contributed by atoms with E-state index < -0.39 is 17.5 Å². The van der Waals surface area contributed by atoms with Gasteiger partial charge in [-0.05, 0) is 32.6 Å². The molecule has 3 N–H and O–H groups in total. The summed E-state index contributed by atoms with van der Waals surface area (Å²) in [7, 11) is 0. The van der Waals surface area contributed by atoms with Crippen molar-refractivity contribution in [2.24, 2.45) is 5.92 Å². The molecule has 2 atom stereocenters. The molecule has 2 amide bonds. The second-order valence-corrected chi connectivity index (χ2v) is 5.85. The van der Waals surface area contributed by atoms with Crippen LogP contribution in [0.4, 0.5) is 4.79 Å². The van der Waals surface area contributed by atoms with Crippen molar-refractivity contribution in [1.82, 2.24) is 10.2 Å². The lowest BCUT2D eigenvalue weighted by molar-refractivity contribution is -0.141. The van der Waals surface area contributed by atoms with Crippen LogP contribution >= 0.6 is 0 Å². The number of carboxylic acid groups (broad SMARTS) is 1. The number of aliphatic carboxylic acids is 1. The first-order chi connectivity index (χ1) is 9.35. The Morgan fingerprint density at radius 3 is 2.65 bits per heavy atom. The van der Waals surface area contributed by atoms with Crippen molar-refractivity contribution in [3.05, 3.63) is 0 Å². The van der Waals surface area contributed by atoms with Gasteiger partial charge in [-0.3, -0.25) is 4.79 Å². The molecule has 1 rings (SSSR count). The SMILES string of the molecule is CCCC(CNC(=O)N1CCCC(C)(O)CC1)C(=O)O. The smallest absolute Gasteiger partial charge is 0.317 e. The third-order valence-corrected chi connectivity index (χ3v) is 3.84. The number of carbonyl (C=O) groups excluding carboxylic acids is 1. The molecular formula is C14H26N2O4. The van der Waals surface area contributed by atoms with Crippen LogP contribution in [0.5, 0.6) is 0 Å². The first-order valence-electron chi connectivity index (χ1n) is 7.33. The number of nitrogens with one attached hydrogen (secondary N) is 1. The molecule has 1 aliphatic rings. The molecule has 0 bridgehead atoms. The zero-order valence-corrected chi connectivity index (χ0v) is 12.4. The van der Waals surface area contributed by atoms with Crippen LogP contribution in [-0.2, 0) is 4.79 Å². The van der Waals surface area contributed by atoms with E-state index >= 15 is 0 Å². The Labute approximate surface area is 120 Å². The van der Waals surface area contributed by atoms with Gasteiger partial charge in [0.25, 0.3) is 0 Å². The van der Waals surface area contributed by atoms with Crippen LogP contribution < -0.4 is 5.32 Å². The van der Waals surface area contributed by atoms with E-state index in [4.69, 9.17) is 5.11 Å². The Kier molecular flexibility index (Phi) is 6.26. The maximum absolute atomic E-state index is 12.0. The molecule has 0 aromatic carbocycles. The zero-order chi connectivity index (χ0) is 15.2. The summed E-state index contributed by atoms with van der Waals surface area (Å²) in [6, 6.07) is -0.231. The van der Waals surface area contributed by atoms with Gasteiger partial charge in [0.1, 0.15) is 0 Å². The van der Waals surface area contributed by atoms with Crippen LogP contribution in [0.2, 0.25) is 0 Å². The van der Waals surface area contributed by atoms with Gasteiger partial charge in [0.05, 0.1) is 11.5 Å². The number of carboxylic acids is 1. The lowest BCUT2D eigenvalue weighted by Crippen LogP contribution is -2.43. The highest BCUT2D eigenvalue weighted by Gasteiger charge is 2.27. The molecule has 0 spiro atoms. The fraction of sp³-hybridized carbons (Fsp3) is 0.857. The average molecular weight is 286 g/mol. The molecular weight excluding hydrogens is 260 g/mol. The summed E-state index contributed by atoms with van der Waals surface area (Å²) in [5, 5.41) is 21.7. The van der Waals surface area contributed by atoms with Gasteiger partial charge in [-0.25, -0.2) is 4.79 Å². The number of aliphatic hydroxyl groups is 1. The second-order valence-electron chi connectivity index (χ2n) is 5.85. The van der Waals surface area contributed by atoms with E-state index in [9.17, 15) is 14.7 Å². The standard InChI is InChI=1S/C14H26N2O4/c1-3-5-11(12(17)18)10-15-13(19)16-8-4-6-14(2,20)7-9-16/h11,20H,3-10H2,1-2H3,(H,15,19)(H,17,18). The van der Waals surface area contributed by atoms with E-state index in [0.717, 1.165) is 12.8 Å². The van der Waals surface area contributed by atoms with Crippen molar-refractivity contribution in [1.29, 1.82) is 0 Å². The van der Waals surface area contributed by atoms with E-state index in [1.165, 1.54) is 0 Å². The Bertz CT molecular complexity index is 344. The number of amides is 2. The van der Waals surface area contributed by atoms with E-state index in [2.05, 4.69) is 5.32 Å². The minimum atomic E-state index is -0.869. The van der Waals surface area contributed by atoms with Crippen molar-refractivity contribution in [2.75, 3.05) is 19.6 Å². The first-order valence-corrected chi connectivity index (χ1v) is 7.33. The quantitative estimate of drug-likeness (QED) is 0.713. The van der Waals surface area contributed by atoms with Crippen molar-refractivity contribution < 1.29 is 19.8 Å². The highest BCUT2D eigenvalue weighted by atomic mass is 16.4. The van der Waals surface area contributed by atoms with Crippen LogP contribution in [0.3, 0.4) is 0 Å². The molecule has 1 heterocycles. The predicted octanol–water partition coefficient (Wildman–Crippen LogP) is 1.43. The number of carbonyl (C=O) groups is 2. The van der Waals surface area contributed by atoms with Gasteiger partial charge >= 0.3 is 12.0 Å². The maximum atomic E-state index is 12.0. The molecule has 1 aliphatic heterocycles. The van der Waals surface area contributed by atoms with E-state index in [1.807, 2.05) is 6.92 Å². The Balaban J connectivity index is 2.44. The molecule has 6 heteroatoms. The molecule has 1 fully saturated rings. The molecule has 0 radical (unpaired) electrons. The summed E-state index contributed by atoms with van der Waals surface area (Å²) in [5.74, 6) is -1.40. The molecule has 20 heavy (non-hydrogen) atoms. The van der Waals surface area contributed by atoms with Crippen LogP contribution in [-0.4, -0.2) is 52.3 Å². The van der Waals surface area contributed by atoms with Crippen molar-refractivity contribution in [3.8, 4) is 0 Å². The summed E-state index contributed by atoms with van der Waals surface area (Å²) in [4.78, 5) is 24.7. The molecule has 0 aromatic heterocycles. The summed E-state index contributed by atoms with van der Waals surface area (Å²) >= 11 is 0. The van der Waals surface area contributed by atoms with Gasteiger partial charge in [0.2, 0.25) is 0 Å². The minimum absolute atomic E-state index is 0.162. The maximum Gasteiger partial charge on any atom is 0.317 e.